The van der Waals surface area contributed by atoms with Crippen molar-refractivity contribution in [1.29, 1.82) is 0 Å². The maximum absolute atomic E-state index is 13.6. The summed E-state index contributed by atoms with van der Waals surface area (Å²) in [5.74, 6) is 0.00557. The van der Waals surface area contributed by atoms with Crippen LogP contribution >= 0.6 is 0 Å². The van der Waals surface area contributed by atoms with Crippen LogP contribution < -0.4 is 0 Å². The Morgan fingerprint density at radius 2 is 2.03 bits per heavy atom. The van der Waals surface area contributed by atoms with Crippen LogP contribution in [0.4, 0.5) is 4.39 Å². The molecular formula is C23H25FN4O3. The van der Waals surface area contributed by atoms with Gasteiger partial charge in [-0.1, -0.05) is 13.8 Å². The van der Waals surface area contributed by atoms with Crippen molar-refractivity contribution in [3.05, 3.63) is 59.9 Å². The molecule has 0 amide bonds. The first kappa shape index (κ1) is 21.1. The molecule has 0 aliphatic carbocycles. The van der Waals surface area contributed by atoms with Crippen molar-refractivity contribution in [2.45, 2.75) is 57.7 Å². The van der Waals surface area contributed by atoms with Crippen molar-refractivity contribution in [1.82, 2.24) is 19.7 Å². The highest BCUT2D eigenvalue weighted by molar-refractivity contribution is 5.71. The lowest BCUT2D eigenvalue weighted by Crippen LogP contribution is -2.32. The average molecular weight is 424 g/mol. The molecule has 162 valence electrons. The molecule has 0 radical (unpaired) electrons. The number of ether oxygens (including phenoxy) is 1. The van der Waals surface area contributed by atoms with Gasteiger partial charge in [0.15, 0.2) is 5.82 Å². The Bertz CT molecular complexity index is 1050. The monoisotopic (exact) mass is 424 g/mol. The zero-order valence-electron chi connectivity index (χ0n) is 17.5. The minimum absolute atomic E-state index is 0.0409. The molecule has 0 bridgehead atoms. The van der Waals surface area contributed by atoms with Crippen LogP contribution in [0.1, 0.15) is 50.3 Å². The van der Waals surface area contributed by atoms with E-state index in [2.05, 4.69) is 23.8 Å². The first-order valence-electron chi connectivity index (χ1n) is 10.4. The Kier molecular flexibility index (Phi) is 6.08. The van der Waals surface area contributed by atoms with Gasteiger partial charge in [0.25, 0.3) is 0 Å². The first-order valence-corrected chi connectivity index (χ1v) is 10.4. The van der Waals surface area contributed by atoms with Gasteiger partial charge in [-0.2, -0.15) is 5.10 Å². The van der Waals surface area contributed by atoms with Gasteiger partial charge >= 0.3 is 5.97 Å². The van der Waals surface area contributed by atoms with E-state index >= 15 is 0 Å². The number of hydrogen-bond acceptors (Lipinski definition) is 6. The van der Waals surface area contributed by atoms with Crippen molar-refractivity contribution in [3.63, 3.8) is 0 Å². The molecule has 1 aromatic carbocycles. The maximum atomic E-state index is 13.6. The maximum Gasteiger partial charge on any atom is 0.308 e. The van der Waals surface area contributed by atoms with E-state index < -0.39 is 6.10 Å². The number of aliphatic hydroxyl groups excluding tert-OH is 1. The molecule has 1 aliphatic rings. The molecule has 2 atom stereocenters. The Morgan fingerprint density at radius 1 is 1.26 bits per heavy atom. The second-order valence-corrected chi connectivity index (χ2v) is 8.09. The number of nitrogens with zero attached hydrogens (tertiary/aromatic N) is 4. The SMILES string of the molecule is CC(C)c1nn(-c2cnccn2)c(-c2ccc(F)cc2)c1CC[C@@H]1C[C@@H](O)CC(=O)O1. The van der Waals surface area contributed by atoms with Crippen molar-refractivity contribution >= 4 is 5.97 Å². The number of hydrogen-bond donors (Lipinski definition) is 1. The molecule has 31 heavy (non-hydrogen) atoms. The van der Waals surface area contributed by atoms with E-state index in [0.717, 1.165) is 22.5 Å². The van der Waals surface area contributed by atoms with Crippen LogP contribution in [0.3, 0.4) is 0 Å². The van der Waals surface area contributed by atoms with Gasteiger partial charge in [-0.25, -0.2) is 14.1 Å². The van der Waals surface area contributed by atoms with Gasteiger partial charge < -0.3 is 9.84 Å². The predicted octanol–water partition coefficient (Wildman–Crippen LogP) is 3.59. The number of halogens is 1. The molecule has 2 aromatic heterocycles. The summed E-state index contributed by atoms with van der Waals surface area (Å²) in [5, 5.41) is 14.8. The fraction of sp³-hybridized carbons (Fsp3) is 0.391. The van der Waals surface area contributed by atoms with E-state index in [1.54, 1.807) is 35.4 Å². The molecule has 3 aromatic rings. The largest absolute Gasteiger partial charge is 0.462 e. The third-order valence-electron chi connectivity index (χ3n) is 5.40. The minimum atomic E-state index is -0.672. The topological polar surface area (TPSA) is 90.1 Å². The number of rotatable bonds is 6. The van der Waals surface area contributed by atoms with E-state index in [9.17, 15) is 14.3 Å². The zero-order valence-corrected chi connectivity index (χ0v) is 17.5. The second kappa shape index (κ2) is 8.93. The third-order valence-corrected chi connectivity index (χ3v) is 5.40. The van der Waals surface area contributed by atoms with Crippen molar-refractivity contribution in [2.75, 3.05) is 0 Å². The smallest absolute Gasteiger partial charge is 0.308 e. The summed E-state index contributed by atoms with van der Waals surface area (Å²) in [5.41, 5.74) is 3.50. The molecule has 1 fully saturated rings. The summed E-state index contributed by atoms with van der Waals surface area (Å²) in [4.78, 5) is 20.3. The van der Waals surface area contributed by atoms with Crippen LogP contribution in [0.15, 0.2) is 42.9 Å². The molecule has 7 nitrogen and oxygen atoms in total. The average Bonchev–Trinajstić information content (AvgIpc) is 3.12. The van der Waals surface area contributed by atoms with E-state index in [-0.39, 0.29) is 30.2 Å². The van der Waals surface area contributed by atoms with E-state index in [1.165, 1.54) is 12.1 Å². The molecule has 4 rings (SSSR count). The number of aromatic nitrogens is 4. The highest BCUT2D eigenvalue weighted by Crippen LogP contribution is 2.34. The highest BCUT2D eigenvalue weighted by Gasteiger charge is 2.29. The lowest BCUT2D eigenvalue weighted by Gasteiger charge is -2.26. The lowest BCUT2D eigenvalue weighted by atomic mass is 9.93. The molecule has 1 aliphatic heterocycles. The number of benzene rings is 1. The standard InChI is InChI=1S/C23H25FN4O3/c1-14(2)22-19(8-7-18-11-17(29)12-21(30)31-18)23(15-3-5-16(24)6-4-15)28(27-22)20-13-25-9-10-26-20/h3-6,9-10,13-14,17-18,29H,7-8,11-12H2,1-2H3/t17-,18-/m1/s1. The normalized spacial score (nSPS) is 18.9. The summed E-state index contributed by atoms with van der Waals surface area (Å²) >= 11 is 0. The summed E-state index contributed by atoms with van der Waals surface area (Å²) in [6.45, 7) is 4.12. The van der Waals surface area contributed by atoms with Gasteiger partial charge in [-0.05, 0) is 43.0 Å². The molecule has 8 heteroatoms. The number of aliphatic hydroxyl groups is 1. The Balaban J connectivity index is 1.77. The quantitative estimate of drug-likeness (QED) is 0.608. The number of carbonyl (C=O) groups excluding carboxylic acids is 1. The fourth-order valence-electron chi connectivity index (χ4n) is 3.99. The van der Waals surface area contributed by atoms with Crippen molar-refractivity contribution < 1.29 is 19.0 Å². The fourth-order valence-corrected chi connectivity index (χ4v) is 3.99. The molecule has 1 N–H and O–H groups in total. The van der Waals surface area contributed by atoms with Gasteiger partial charge in [-0.15, -0.1) is 0 Å². The molecule has 0 spiro atoms. The Hall–Kier alpha value is -3.13. The summed E-state index contributed by atoms with van der Waals surface area (Å²) in [6, 6.07) is 6.28. The third kappa shape index (κ3) is 4.64. The van der Waals surface area contributed by atoms with Crippen LogP contribution in [-0.2, 0) is 16.0 Å². The van der Waals surface area contributed by atoms with Gasteiger partial charge in [0.05, 0.1) is 30.1 Å². The summed E-state index contributed by atoms with van der Waals surface area (Å²) in [7, 11) is 0. The van der Waals surface area contributed by atoms with Gasteiger partial charge in [0, 0.05) is 29.9 Å². The molecule has 0 unspecified atom stereocenters. The van der Waals surface area contributed by atoms with Gasteiger partial charge in [-0.3, -0.25) is 9.78 Å². The van der Waals surface area contributed by atoms with Crippen molar-refractivity contribution in [2.24, 2.45) is 0 Å². The second-order valence-electron chi connectivity index (χ2n) is 8.09. The van der Waals surface area contributed by atoms with Gasteiger partial charge in [0.1, 0.15) is 11.9 Å². The molecule has 0 saturated carbocycles. The van der Waals surface area contributed by atoms with Crippen LogP contribution in [0.25, 0.3) is 17.1 Å². The van der Waals surface area contributed by atoms with E-state index in [0.29, 0.717) is 25.1 Å². The van der Waals surface area contributed by atoms with Crippen LogP contribution in [0.2, 0.25) is 0 Å². The van der Waals surface area contributed by atoms with Crippen LogP contribution in [0, 0.1) is 5.82 Å². The number of carbonyl (C=O) groups is 1. The van der Waals surface area contributed by atoms with Gasteiger partial charge in [0.2, 0.25) is 0 Å². The number of cyclic esters (lactones) is 1. The van der Waals surface area contributed by atoms with Crippen LogP contribution in [0.5, 0.6) is 0 Å². The molecular weight excluding hydrogens is 399 g/mol. The highest BCUT2D eigenvalue weighted by atomic mass is 19.1. The predicted molar refractivity (Wildman–Crippen MR) is 112 cm³/mol. The lowest BCUT2D eigenvalue weighted by molar-refractivity contribution is -0.160. The van der Waals surface area contributed by atoms with Crippen LogP contribution in [-0.4, -0.2) is 43.0 Å². The van der Waals surface area contributed by atoms with E-state index in [1.807, 2.05) is 0 Å². The Morgan fingerprint density at radius 3 is 2.68 bits per heavy atom. The Labute approximate surface area is 179 Å². The molecule has 1 saturated heterocycles. The van der Waals surface area contributed by atoms with E-state index in [4.69, 9.17) is 9.84 Å². The molecule has 3 heterocycles. The number of esters is 1. The first-order chi connectivity index (χ1) is 14.9. The zero-order chi connectivity index (χ0) is 22.0. The summed E-state index contributed by atoms with van der Waals surface area (Å²) < 4.78 is 20.8. The summed E-state index contributed by atoms with van der Waals surface area (Å²) in [6.07, 6.45) is 5.42. The van der Waals surface area contributed by atoms with Crippen molar-refractivity contribution in [3.8, 4) is 17.1 Å². The minimum Gasteiger partial charge on any atom is -0.462 e.